The minimum absolute atomic E-state index is 0.301. The van der Waals surface area contributed by atoms with Crippen molar-refractivity contribution in [1.29, 1.82) is 0 Å². The number of nitrogens with one attached hydrogen (secondary N) is 2. The number of benzene rings is 2. The molecule has 1 amide bonds. The van der Waals surface area contributed by atoms with E-state index < -0.39 is 0 Å². The highest BCUT2D eigenvalue weighted by atomic mass is 16.5. The Morgan fingerprint density at radius 3 is 2.62 bits per heavy atom. The number of para-hydroxylation sites is 1. The minimum Gasteiger partial charge on any atom is -0.494 e. The van der Waals surface area contributed by atoms with E-state index in [1.54, 1.807) is 13.3 Å². The highest BCUT2D eigenvalue weighted by molar-refractivity contribution is 6.02. The maximum absolute atomic E-state index is 12.3. The molecule has 0 fully saturated rings. The molecule has 0 aliphatic carbocycles. The molecule has 0 aliphatic heterocycles. The zero-order chi connectivity index (χ0) is 28.6. The van der Waals surface area contributed by atoms with Gasteiger partial charge in [0.1, 0.15) is 5.75 Å². The van der Waals surface area contributed by atoms with Crippen molar-refractivity contribution in [3.8, 4) is 17.0 Å². The molecule has 9 heteroatoms. The van der Waals surface area contributed by atoms with Crippen molar-refractivity contribution in [3.63, 3.8) is 0 Å². The number of carbonyl (C=O) groups excluding carboxylic acids is 1. The van der Waals surface area contributed by atoms with Crippen LogP contribution in [0.4, 0.5) is 23.0 Å². The Morgan fingerprint density at radius 1 is 1.10 bits per heavy atom. The van der Waals surface area contributed by atoms with Crippen LogP contribution in [0.15, 0.2) is 80.2 Å². The average Bonchev–Trinajstić information content (AvgIpc) is 3.33. The number of methoxy groups -OCH3 is 1. The van der Waals surface area contributed by atoms with Crippen LogP contribution < -0.4 is 20.3 Å². The molecule has 0 atom stereocenters. The van der Waals surface area contributed by atoms with Crippen LogP contribution in [-0.2, 0) is 11.3 Å². The number of amides is 1. The van der Waals surface area contributed by atoms with Crippen LogP contribution in [0.25, 0.3) is 22.2 Å². The fourth-order valence-electron chi connectivity index (χ4n) is 4.46. The molecule has 0 radical (unpaired) electrons. The molecule has 0 spiro atoms. The molecule has 208 valence electrons. The highest BCUT2D eigenvalue weighted by Crippen LogP contribution is 2.38. The molecule has 0 bridgehead atoms. The molecule has 40 heavy (non-hydrogen) atoms. The van der Waals surface area contributed by atoms with E-state index in [1.807, 2.05) is 57.6 Å². The van der Waals surface area contributed by atoms with Gasteiger partial charge in [0.2, 0.25) is 11.9 Å². The average molecular weight is 540 g/mol. The van der Waals surface area contributed by atoms with Crippen molar-refractivity contribution in [2.45, 2.75) is 13.0 Å². The van der Waals surface area contributed by atoms with Crippen LogP contribution in [0, 0.1) is 0 Å². The first-order valence-electron chi connectivity index (χ1n) is 13.1. The van der Waals surface area contributed by atoms with Crippen LogP contribution in [0.1, 0.15) is 6.42 Å². The van der Waals surface area contributed by atoms with E-state index in [-0.39, 0.29) is 5.91 Å². The molecule has 0 unspecified atom stereocenters. The largest absolute Gasteiger partial charge is 0.494 e. The van der Waals surface area contributed by atoms with Gasteiger partial charge in [-0.25, -0.2) is 9.97 Å². The van der Waals surface area contributed by atoms with Crippen molar-refractivity contribution < 1.29 is 9.53 Å². The van der Waals surface area contributed by atoms with E-state index in [0.717, 1.165) is 53.9 Å². The number of anilines is 4. The summed E-state index contributed by atoms with van der Waals surface area (Å²) < 4.78 is 7.96. The zero-order valence-corrected chi connectivity index (χ0v) is 23.6. The van der Waals surface area contributed by atoms with Gasteiger partial charge in [0.05, 0.1) is 29.9 Å². The summed E-state index contributed by atoms with van der Waals surface area (Å²) in [5.41, 5.74) is 5.03. The highest BCUT2D eigenvalue weighted by Gasteiger charge is 2.17. The van der Waals surface area contributed by atoms with Crippen LogP contribution >= 0.6 is 0 Å². The lowest BCUT2D eigenvalue weighted by Gasteiger charge is -2.26. The quantitative estimate of drug-likeness (QED) is 0.170. The Labute approximate surface area is 235 Å². The van der Waals surface area contributed by atoms with Crippen molar-refractivity contribution in [2.75, 3.05) is 56.9 Å². The SMILES string of the molecule is C=CCCn1cc(-c2ccnc(Nc3cc(NC(=O)C=C)c(N(C)CCN(C)C)cc3OC)n2)c2ccccc21. The molecular formula is C31H37N7O2. The third-order valence-corrected chi connectivity index (χ3v) is 6.60. The topological polar surface area (TPSA) is 87.6 Å². The maximum atomic E-state index is 12.3. The monoisotopic (exact) mass is 539 g/mol. The first-order chi connectivity index (χ1) is 19.3. The number of hydrogen-bond donors (Lipinski definition) is 2. The van der Waals surface area contributed by atoms with Gasteiger partial charge in [0.15, 0.2) is 0 Å². The number of rotatable bonds is 13. The Balaban J connectivity index is 1.71. The second-order valence-corrected chi connectivity index (χ2v) is 9.71. The van der Waals surface area contributed by atoms with E-state index in [4.69, 9.17) is 9.72 Å². The fourth-order valence-corrected chi connectivity index (χ4v) is 4.46. The van der Waals surface area contributed by atoms with Crippen LogP contribution in [-0.4, -0.2) is 66.7 Å². The Hall–Kier alpha value is -4.63. The van der Waals surface area contributed by atoms with Crippen molar-refractivity contribution in [1.82, 2.24) is 19.4 Å². The summed E-state index contributed by atoms with van der Waals surface area (Å²) in [7, 11) is 7.64. The number of ether oxygens (including phenoxy) is 1. The zero-order valence-electron chi connectivity index (χ0n) is 23.6. The maximum Gasteiger partial charge on any atom is 0.247 e. The molecule has 0 aliphatic rings. The molecular weight excluding hydrogens is 502 g/mol. The minimum atomic E-state index is -0.301. The lowest BCUT2D eigenvalue weighted by molar-refractivity contribution is -0.111. The number of likely N-dealkylation sites (N-methyl/N-ethyl adjacent to an activating group) is 2. The number of allylic oxidation sites excluding steroid dienone is 1. The summed E-state index contributed by atoms with van der Waals surface area (Å²) >= 11 is 0. The van der Waals surface area contributed by atoms with E-state index in [9.17, 15) is 4.79 Å². The van der Waals surface area contributed by atoms with Crippen LogP contribution in [0.5, 0.6) is 5.75 Å². The van der Waals surface area contributed by atoms with E-state index in [0.29, 0.717) is 23.1 Å². The Kier molecular flexibility index (Phi) is 9.19. The number of hydrogen-bond acceptors (Lipinski definition) is 7. The third-order valence-electron chi connectivity index (χ3n) is 6.60. The van der Waals surface area contributed by atoms with Gasteiger partial charge in [0, 0.05) is 61.6 Å². The summed E-state index contributed by atoms with van der Waals surface area (Å²) in [4.78, 5) is 25.8. The van der Waals surface area contributed by atoms with Gasteiger partial charge < -0.3 is 29.7 Å². The molecule has 4 rings (SSSR count). The van der Waals surface area contributed by atoms with Gasteiger partial charge in [-0.3, -0.25) is 4.79 Å². The van der Waals surface area contributed by atoms with E-state index in [1.165, 1.54) is 6.08 Å². The predicted molar refractivity (Wildman–Crippen MR) is 165 cm³/mol. The molecule has 2 N–H and O–H groups in total. The summed E-state index contributed by atoms with van der Waals surface area (Å²) in [5, 5.41) is 7.34. The predicted octanol–water partition coefficient (Wildman–Crippen LogP) is 5.55. The summed E-state index contributed by atoms with van der Waals surface area (Å²) in [6, 6.07) is 13.9. The van der Waals surface area contributed by atoms with E-state index >= 15 is 0 Å². The third kappa shape index (κ3) is 6.50. The fraction of sp³-hybridized carbons (Fsp3) is 0.258. The van der Waals surface area contributed by atoms with Gasteiger partial charge in [-0.1, -0.05) is 30.9 Å². The van der Waals surface area contributed by atoms with Gasteiger partial charge in [-0.15, -0.1) is 6.58 Å². The second-order valence-electron chi connectivity index (χ2n) is 9.71. The number of fused-ring (bicyclic) bond motifs is 1. The molecule has 4 aromatic rings. The number of aryl methyl sites for hydroxylation is 1. The molecule has 0 saturated heterocycles. The van der Waals surface area contributed by atoms with Gasteiger partial charge >= 0.3 is 0 Å². The van der Waals surface area contributed by atoms with Gasteiger partial charge in [-0.05, 0) is 44.8 Å². The molecule has 2 aromatic carbocycles. The van der Waals surface area contributed by atoms with Crippen LogP contribution in [0.2, 0.25) is 0 Å². The number of aromatic nitrogens is 3. The molecule has 2 heterocycles. The first-order valence-corrected chi connectivity index (χ1v) is 13.1. The van der Waals surface area contributed by atoms with E-state index in [2.05, 4.69) is 61.5 Å². The summed E-state index contributed by atoms with van der Waals surface area (Å²) in [5.74, 6) is 0.705. The number of carbonyl (C=O) groups is 1. The standard InChI is InChI=1S/C31H37N7O2/c1-7-9-16-38-21-23(22-12-10-11-13-27(22)38)24-14-15-32-31(34-24)35-26-19-25(33-30(39)8-2)28(20-29(26)40-6)37(5)18-17-36(3)4/h7-8,10-15,19-21H,1-2,9,16-18H2,3-6H3,(H,33,39)(H,32,34,35). The Morgan fingerprint density at radius 2 is 1.90 bits per heavy atom. The van der Waals surface area contributed by atoms with Gasteiger partial charge in [-0.2, -0.15) is 0 Å². The van der Waals surface area contributed by atoms with Crippen LogP contribution in [0.3, 0.4) is 0 Å². The number of nitrogens with zero attached hydrogens (tertiary/aromatic N) is 5. The normalized spacial score (nSPS) is 10.9. The van der Waals surface area contributed by atoms with Crippen molar-refractivity contribution in [3.05, 3.63) is 80.2 Å². The summed E-state index contributed by atoms with van der Waals surface area (Å²) in [6.07, 6.45) is 7.91. The van der Waals surface area contributed by atoms with Crippen molar-refractivity contribution in [2.24, 2.45) is 0 Å². The smallest absolute Gasteiger partial charge is 0.247 e. The van der Waals surface area contributed by atoms with Crippen molar-refractivity contribution >= 4 is 39.8 Å². The van der Waals surface area contributed by atoms with Gasteiger partial charge in [0.25, 0.3) is 0 Å². The lowest BCUT2D eigenvalue weighted by Crippen LogP contribution is -2.29. The Bertz CT molecular complexity index is 1510. The second kappa shape index (κ2) is 12.9. The lowest BCUT2D eigenvalue weighted by atomic mass is 10.1. The molecule has 9 nitrogen and oxygen atoms in total. The molecule has 0 saturated carbocycles. The first kappa shape index (κ1) is 28.4. The molecule has 2 aromatic heterocycles. The summed E-state index contributed by atoms with van der Waals surface area (Å²) in [6.45, 7) is 9.89.